The monoisotopic (exact) mass is 494 g/mol. The van der Waals surface area contributed by atoms with Gasteiger partial charge in [-0.3, -0.25) is 4.79 Å². The average Bonchev–Trinajstić information content (AvgIpc) is 3.34. The molecule has 5 rings (SSSR count). The van der Waals surface area contributed by atoms with Crippen molar-refractivity contribution in [3.63, 3.8) is 0 Å². The Morgan fingerprint density at radius 1 is 1.26 bits per heavy atom. The van der Waals surface area contributed by atoms with Crippen LogP contribution in [0.5, 0.6) is 0 Å². The first-order chi connectivity index (χ1) is 16.8. The van der Waals surface area contributed by atoms with Crippen molar-refractivity contribution in [1.29, 1.82) is 0 Å². The van der Waals surface area contributed by atoms with Gasteiger partial charge < -0.3 is 19.8 Å². The van der Waals surface area contributed by atoms with Gasteiger partial charge in [-0.25, -0.2) is 9.10 Å². The molecule has 3 heterocycles. The van der Waals surface area contributed by atoms with E-state index in [1.165, 1.54) is 17.6 Å². The summed E-state index contributed by atoms with van der Waals surface area (Å²) in [7, 11) is 1.33. The molecule has 1 amide bonds. The van der Waals surface area contributed by atoms with E-state index >= 15 is 0 Å². The zero-order chi connectivity index (χ0) is 24.9. The van der Waals surface area contributed by atoms with Gasteiger partial charge in [-0.1, -0.05) is 37.3 Å². The number of amides is 1. The van der Waals surface area contributed by atoms with Gasteiger partial charge in [0, 0.05) is 30.5 Å². The Balaban J connectivity index is 1.44. The third kappa shape index (κ3) is 3.98. The van der Waals surface area contributed by atoms with E-state index in [0.29, 0.717) is 25.2 Å². The molecule has 1 fully saturated rings. The maximum Gasteiger partial charge on any atom is 0.354 e. The summed E-state index contributed by atoms with van der Waals surface area (Å²) in [6, 6.07) is 14.3. The van der Waals surface area contributed by atoms with E-state index < -0.39 is 18.0 Å². The summed E-state index contributed by atoms with van der Waals surface area (Å²) < 4.78 is 7.24. The Labute approximate surface area is 209 Å². The number of aliphatic hydroxyl groups is 2. The van der Waals surface area contributed by atoms with E-state index in [-0.39, 0.29) is 24.5 Å². The second-order valence-electron chi connectivity index (χ2n) is 9.47. The molecular formula is C27H30N2O5S. The topological polar surface area (TPSA) is 90.3 Å². The number of β-lactam (4-membered cyclic amide) rings is 1. The van der Waals surface area contributed by atoms with Gasteiger partial charge in [0.2, 0.25) is 5.91 Å². The van der Waals surface area contributed by atoms with Crippen LogP contribution in [0.15, 0.2) is 58.6 Å². The summed E-state index contributed by atoms with van der Waals surface area (Å²) >= 11 is 1.63. The van der Waals surface area contributed by atoms with E-state index in [0.717, 1.165) is 27.2 Å². The van der Waals surface area contributed by atoms with Crippen LogP contribution in [-0.4, -0.2) is 63.7 Å². The van der Waals surface area contributed by atoms with Gasteiger partial charge in [-0.15, -0.1) is 0 Å². The molecule has 3 unspecified atom stereocenters. The average molecular weight is 495 g/mol. The number of carbonyl (C=O) groups is 2. The second-order valence-corrected chi connectivity index (χ2v) is 10.6. The molecule has 0 saturated carbocycles. The lowest BCUT2D eigenvalue weighted by Gasteiger charge is -2.46. The number of rotatable bonds is 7. The summed E-state index contributed by atoms with van der Waals surface area (Å²) in [4.78, 5) is 28.2. The minimum atomic E-state index is -0.767. The van der Waals surface area contributed by atoms with E-state index in [2.05, 4.69) is 28.6 Å². The smallest absolute Gasteiger partial charge is 0.354 e. The largest absolute Gasteiger partial charge is 0.464 e. The van der Waals surface area contributed by atoms with Crippen LogP contribution in [0.2, 0.25) is 0 Å². The van der Waals surface area contributed by atoms with Crippen molar-refractivity contribution < 1.29 is 24.5 Å². The molecule has 4 atom stereocenters. The number of carbonyl (C=O) groups excluding carboxylic acids is 2. The molecular weight excluding hydrogens is 464 g/mol. The lowest BCUT2D eigenvalue weighted by Crippen LogP contribution is -2.63. The molecule has 3 aliphatic rings. The molecule has 8 heteroatoms. The van der Waals surface area contributed by atoms with Crippen molar-refractivity contribution in [2.24, 2.45) is 11.8 Å². The minimum absolute atomic E-state index is 0.0597. The van der Waals surface area contributed by atoms with Crippen molar-refractivity contribution in [1.82, 2.24) is 9.21 Å². The van der Waals surface area contributed by atoms with Crippen LogP contribution in [-0.2, 0) is 27.3 Å². The summed E-state index contributed by atoms with van der Waals surface area (Å²) in [5.74, 6) is -1.29. The van der Waals surface area contributed by atoms with Gasteiger partial charge in [0.25, 0.3) is 0 Å². The van der Waals surface area contributed by atoms with Crippen molar-refractivity contribution >= 4 is 23.8 Å². The molecule has 1 saturated heterocycles. The van der Waals surface area contributed by atoms with E-state index in [1.807, 2.05) is 25.1 Å². The molecule has 2 aromatic carbocycles. The minimum Gasteiger partial charge on any atom is -0.464 e. The Morgan fingerprint density at radius 3 is 2.66 bits per heavy atom. The third-order valence-electron chi connectivity index (χ3n) is 7.37. The van der Waals surface area contributed by atoms with Gasteiger partial charge in [0.05, 0.1) is 25.2 Å². The predicted octanol–water partition coefficient (Wildman–Crippen LogP) is 3.00. The third-order valence-corrected chi connectivity index (χ3v) is 8.46. The lowest BCUT2D eigenvalue weighted by atomic mass is 9.78. The fraction of sp³-hybridized carbons (Fsp3) is 0.407. The number of benzene rings is 2. The van der Waals surface area contributed by atoms with Crippen LogP contribution >= 0.6 is 11.9 Å². The number of methoxy groups -OCH3 is 1. The predicted molar refractivity (Wildman–Crippen MR) is 133 cm³/mol. The summed E-state index contributed by atoms with van der Waals surface area (Å²) in [6.07, 6.45) is -0.192. The first-order valence-electron chi connectivity index (χ1n) is 11.9. The van der Waals surface area contributed by atoms with Crippen LogP contribution < -0.4 is 0 Å². The van der Waals surface area contributed by atoms with Crippen molar-refractivity contribution in [3.8, 4) is 11.1 Å². The van der Waals surface area contributed by atoms with E-state index in [4.69, 9.17) is 4.74 Å². The molecule has 2 N–H and O–H groups in total. The normalized spacial score (nSPS) is 24.3. The van der Waals surface area contributed by atoms with Crippen LogP contribution in [0.3, 0.4) is 0 Å². The summed E-state index contributed by atoms with van der Waals surface area (Å²) in [5, 5.41) is 19.8. The number of esters is 1. The highest BCUT2D eigenvalue weighted by Crippen LogP contribution is 2.49. The van der Waals surface area contributed by atoms with Crippen molar-refractivity contribution in [2.45, 2.75) is 43.9 Å². The number of hydrogen-bond donors (Lipinski definition) is 2. The molecule has 2 aromatic rings. The maximum absolute atomic E-state index is 12.8. The van der Waals surface area contributed by atoms with Gasteiger partial charge in [0.1, 0.15) is 5.70 Å². The molecule has 0 spiro atoms. The Kier molecular flexibility index (Phi) is 6.48. The quantitative estimate of drug-likeness (QED) is 0.347. The standard InChI is InChI=1S/C27H30N2O5S/c1-15-21(25(27(33)34-3)29-24(15)23(16(2)31)26(29)32)14-28-13-19-11-20(17-7-5-4-6-8-17)18(9-10-30)12-22(19)35-28/h4-8,11-12,15-16,23-24,30-31H,9-10,13-14H2,1-3H3/t15-,16?,23?,24?/m0/s1. The molecule has 35 heavy (non-hydrogen) atoms. The van der Waals surface area contributed by atoms with Gasteiger partial charge in [-0.05, 0) is 65.3 Å². The van der Waals surface area contributed by atoms with Crippen LogP contribution in [0.1, 0.15) is 25.0 Å². The number of nitrogens with zero attached hydrogens (tertiary/aromatic N) is 2. The lowest BCUT2D eigenvalue weighted by molar-refractivity contribution is -0.163. The number of aliphatic hydroxyl groups excluding tert-OH is 2. The number of fused-ring (bicyclic) bond motifs is 2. The molecule has 7 nitrogen and oxygen atoms in total. The van der Waals surface area contributed by atoms with Crippen molar-refractivity contribution in [2.75, 3.05) is 20.3 Å². The first-order valence-corrected chi connectivity index (χ1v) is 12.7. The Hall–Kier alpha value is -2.65. The highest BCUT2D eigenvalue weighted by atomic mass is 32.2. The van der Waals surface area contributed by atoms with Crippen LogP contribution in [0.25, 0.3) is 11.1 Å². The van der Waals surface area contributed by atoms with Crippen LogP contribution in [0, 0.1) is 11.8 Å². The molecule has 0 bridgehead atoms. The summed E-state index contributed by atoms with van der Waals surface area (Å²) in [6.45, 7) is 4.93. The summed E-state index contributed by atoms with van der Waals surface area (Å²) in [5.41, 5.74) is 5.74. The maximum atomic E-state index is 12.8. The fourth-order valence-corrected chi connectivity index (χ4v) is 6.79. The number of ether oxygens (including phenoxy) is 1. The van der Waals surface area contributed by atoms with E-state index in [9.17, 15) is 19.8 Å². The molecule has 3 aliphatic heterocycles. The zero-order valence-corrected chi connectivity index (χ0v) is 20.9. The van der Waals surface area contributed by atoms with Crippen molar-refractivity contribution in [3.05, 3.63) is 64.9 Å². The number of hydrogen-bond acceptors (Lipinski definition) is 7. The highest BCUT2D eigenvalue weighted by molar-refractivity contribution is 7.97. The van der Waals surface area contributed by atoms with Gasteiger partial charge in [0.15, 0.2) is 0 Å². The van der Waals surface area contributed by atoms with Gasteiger partial charge >= 0.3 is 5.97 Å². The molecule has 0 radical (unpaired) electrons. The van der Waals surface area contributed by atoms with Gasteiger partial charge in [-0.2, -0.15) is 0 Å². The molecule has 0 aliphatic carbocycles. The molecule has 184 valence electrons. The second kappa shape index (κ2) is 9.43. The Morgan fingerprint density at radius 2 is 2.00 bits per heavy atom. The highest BCUT2D eigenvalue weighted by Gasteiger charge is 2.60. The van der Waals surface area contributed by atoms with E-state index in [1.54, 1.807) is 18.9 Å². The first kappa shape index (κ1) is 24.1. The molecule has 0 aromatic heterocycles. The Bertz CT molecular complexity index is 1200. The zero-order valence-electron chi connectivity index (χ0n) is 20.1. The van der Waals surface area contributed by atoms with Crippen LogP contribution in [0.4, 0.5) is 0 Å². The SMILES string of the molecule is COC(=O)C1=C(CN2Cc3cc(-c4ccccc4)c(CCO)cc3S2)[C@H](C)C2C(C(C)O)C(=O)N12. The fourth-order valence-electron chi connectivity index (χ4n) is 5.67.